The van der Waals surface area contributed by atoms with Gasteiger partial charge in [-0.05, 0) is 36.9 Å². The molecule has 0 radical (unpaired) electrons. The first-order valence-electron chi connectivity index (χ1n) is 7.33. The molecule has 1 amide bonds. The van der Waals surface area contributed by atoms with Crippen molar-refractivity contribution in [2.75, 3.05) is 13.1 Å². The molecule has 1 heterocycles. The number of hydrogen-bond donors (Lipinski definition) is 1. The van der Waals surface area contributed by atoms with E-state index in [1.165, 1.54) is 43.5 Å². The zero-order valence-corrected chi connectivity index (χ0v) is 11.6. The molecule has 3 heteroatoms. The number of hydrogen-bond acceptors (Lipinski definition) is 2. The van der Waals surface area contributed by atoms with E-state index in [1.54, 1.807) is 0 Å². The molecule has 0 fully saturated rings. The Morgan fingerprint density at radius 3 is 2.63 bits per heavy atom. The number of rotatable bonds is 7. The van der Waals surface area contributed by atoms with Gasteiger partial charge < -0.3 is 5.73 Å². The van der Waals surface area contributed by atoms with Crippen LogP contribution in [0, 0.1) is 0 Å². The van der Waals surface area contributed by atoms with Crippen LogP contribution in [0.1, 0.15) is 43.2 Å². The Balaban J connectivity index is 1.62. The topological polar surface area (TPSA) is 46.3 Å². The van der Waals surface area contributed by atoms with Crippen molar-refractivity contribution in [1.29, 1.82) is 0 Å². The van der Waals surface area contributed by atoms with Gasteiger partial charge in [-0.25, -0.2) is 0 Å². The van der Waals surface area contributed by atoms with Crippen molar-refractivity contribution >= 4 is 5.91 Å². The van der Waals surface area contributed by atoms with Crippen molar-refractivity contribution < 1.29 is 4.79 Å². The van der Waals surface area contributed by atoms with Crippen LogP contribution in [0.2, 0.25) is 0 Å². The number of carbonyl (C=O) groups is 1. The fraction of sp³-hybridized carbons (Fsp3) is 0.562. The Hall–Kier alpha value is -1.35. The first-order valence-corrected chi connectivity index (χ1v) is 7.33. The van der Waals surface area contributed by atoms with E-state index in [4.69, 9.17) is 5.73 Å². The van der Waals surface area contributed by atoms with Crippen molar-refractivity contribution in [3.63, 3.8) is 0 Å². The predicted octanol–water partition coefficient (Wildman–Crippen LogP) is 2.48. The van der Waals surface area contributed by atoms with E-state index in [9.17, 15) is 4.79 Å². The molecule has 0 atom stereocenters. The van der Waals surface area contributed by atoms with Crippen molar-refractivity contribution in [2.45, 2.75) is 45.1 Å². The number of primary amides is 1. The summed E-state index contributed by atoms with van der Waals surface area (Å²) in [4.78, 5) is 13.1. The van der Waals surface area contributed by atoms with E-state index in [2.05, 4.69) is 29.2 Å². The highest BCUT2D eigenvalue weighted by molar-refractivity contribution is 5.73. The number of unbranched alkanes of at least 4 members (excludes halogenated alkanes) is 3. The molecule has 1 aliphatic heterocycles. The second-order valence-corrected chi connectivity index (χ2v) is 5.43. The molecule has 0 saturated carbocycles. The monoisotopic (exact) mass is 260 g/mol. The highest BCUT2D eigenvalue weighted by Gasteiger charge is 2.14. The molecule has 0 aliphatic carbocycles. The van der Waals surface area contributed by atoms with Crippen molar-refractivity contribution in [3.8, 4) is 0 Å². The molecule has 0 saturated heterocycles. The fourth-order valence-corrected chi connectivity index (χ4v) is 2.73. The van der Waals surface area contributed by atoms with Gasteiger partial charge >= 0.3 is 0 Å². The van der Waals surface area contributed by atoms with Gasteiger partial charge in [0.05, 0.1) is 0 Å². The quantitative estimate of drug-likeness (QED) is 0.766. The summed E-state index contributed by atoms with van der Waals surface area (Å²) in [7, 11) is 0. The summed E-state index contributed by atoms with van der Waals surface area (Å²) < 4.78 is 0. The molecular weight excluding hydrogens is 236 g/mol. The van der Waals surface area contributed by atoms with Crippen LogP contribution in [0.4, 0.5) is 0 Å². The van der Waals surface area contributed by atoms with E-state index in [0.717, 1.165) is 19.4 Å². The molecule has 2 rings (SSSR count). The Kier molecular flexibility index (Phi) is 5.40. The van der Waals surface area contributed by atoms with Gasteiger partial charge in [0.15, 0.2) is 0 Å². The lowest BCUT2D eigenvalue weighted by Crippen LogP contribution is -2.31. The van der Waals surface area contributed by atoms with Crippen LogP contribution >= 0.6 is 0 Å². The minimum atomic E-state index is -0.173. The molecule has 1 aliphatic rings. The van der Waals surface area contributed by atoms with Crippen LogP contribution in [0.15, 0.2) is 24.3 Å². The highest BCUT2D eigenvalue weighted by Crippen LogP contribution is 2.18. The van der Waals surface area contributed by atoms with Gasteiger partial charge in [-0.1, -0.05) is 37.1 Å². The second-order valence-electron chi connectivity index (χ2n) is 5.43. The number of amides is 1. The van der Waals surface area contributed by atoms with Crippen molar-refractivity contribution in [1.82, 2.24) is 4.90 Å². The van der Waals surface area contributed by atoms with Crippen molar-refractivity contribution in [2.24, 2.45) is 5.73 Å². The van der Waals surface area contributed by atoms with Gasteiger partial charge in [-0.3, -0.25) is 9.69 Å². The number of fused-ring (bicyclic) bond motifs is 1. The minimum absolute atomic E-state index is 0.173. The minimum Gasteiger partial charge on any atom is -0.370 e. The van der Waals surface area contributed by atoms with E-state index in [0.29, 0.717) is 6.42 Å². The molecule has 1 aromatic rings. The number of carbonyl (C=O) groups excluding carboxylic acids is 1. The third-order valence-corrected chi connectivity index (χ3v) is 3.86. The van der Waals surface area contributed by atoms with Gasteiger partial charge in [0.2, 0.25) is 5.91 Å². The maximum Gasteiger partial charge on any atom is 0.217 e. The number of nitrogens with two attached hydrogens (primary N) is 1. The maximum absolute atomic E-state index is 10.6. The van der Waals surface area contributed by atoms with Gasteiger partial charge in [0.25, 0.3) is 0 Å². The zero-order valence-electron chi connectivity index (χ0n) is 11.6. The van der Waals surface area contributed by atoms with Crippen LogP contribution in [0.3, 0.4) is 0 Å². The summed E-state index contributed by atoms with van der Waals surface area (Å²) in [6.45, 7) is 3.45. The van der Waals surface area contributed by atoms with Gasteiger partial charge in [-0.2, -0.15) is 0 Å². The summed E-state index contributed by atoms with van der Waals surface area (Å²) in [5, 5.41) is 0. The van der Waals surface area contributed by atoms with Gasteiger partial charge in [0, 0.05) is 19.5 Å². The summed E-state index contributed by atoms with van der Waals surface area (Å²) in [6, 6.07) is 8.75. The van der Waals surface area contributed by atoms with E-state index in [1.807, 2.05) is 0 Å². The standard InChI is InChI=1S/C16H24N2O/c17-16(19)9-3-1-2-6-11-18-12-10-14-7-4-5-8-15(14)13-18/h4-5,7-8H,1-3,6,9-13H2,(H2,17,19). The Bertz CT molecular complexity index is 417. The summed E-state index contributed by atoms with van der Waals surface area (Å²) in [6.07, 6.45) is 6.20. The summed E-state index contributed by atoms with van der Waals surface area (Å²) in [5.74, 6) is -0.173. The third kappa shape index (κ3) is 4.67. The average molecular weight is 260 g/mol. The Morgan fingerprint density at radius 2 is 1.84 bits per heavy atom. The lowest BCUT2D eigenvalue weighted by Gasteiger charge is -2.28. The van der Waals surface area contributed by atoms with Gasteiger partial charge in [0.1, 0.15) is 0 Å². The fourth-order valence-electron chi connectivity index (χ4n) is 2.73. The molecular formula is C16H24N2O. The number of benzene rings is 1. The lowest BCUT2D eigenvalue weighted by molar-refractivity contribution is -0.118. The largest absolute Gasteiger partial charge is 0.370 e. The van der Waals surface area contributed by atoms with Gasteiger partial charge in [-0.15, -0.1) is 0 Å². The first-order chi connectivity index (χ1) is 9.25. The molecule has 0 unspecified atom stereocenters. The van der Waals surface area contributed by atoms with E-state index < -0.39 is 0 Å². The molecule has 19 heavy (non-hydrogen) atoms. The van der Waals surface area contributed by atoms with Crippen LogP contribution in [0.5, 0.6) is 0 Å². The maximum atomic E-state index is 10.6. The molecule has 104 valence electrons. The second kappa shape index (κ2) is 7.29. The zero-order chi connectivity index (χ0) is 13.5. The SMILES string of the molecule is NC(=O)CCCCCCN1CCc2ccccc2C1. The molecule has 3 nitrogen and oxygen atoms in total. The van der Waals surface area contributed by atoms with Crippen LogP contribution in [-0.2, 0) is 17.8 Å². The third-order valence-electron chi connectivity index (χ3n) is 3.86. The van der Waals surface area contributed by atoms with Crippen LogP contribution in [0.25, 0.3) is 0 Å². The summed E-state index contributed by atoms with van der Waals surface area (Å²) >= 11 is 0. The van der Waals surface area contributed by atoms with E-state index >= 15 is 0 Å². The van der Waals surface area contributed by atoms with Crippen molar-refractivity contribution in [3.05, 3.63) is 35.4 Å². The average Bonchev–Trinajstić information content (AvgIpc) is 2.42. The smallest absolute Gasteiger partial charge is 0.217 e. The Labute approximate surface area is 115 Å². The number of nitrogens with zero attached hydrogens (tertiary/aromatic N) is 1. The highest BCUT2D eigenvalue weighted by atomic mass is 16.1. The van der Waals surface area contributed by atoms with E-state index in [-0.39, 0.29) is 5.91 Å². The first kappa shape index (κ1) is 14.1. The molecule has 0 aromatic heterocycles. The predicted molar refractivity (Wildman–Crippen MR) is 77.7 cm³/mol. The van der Waals surface area contributed by atoms with Crippen LogP contribution in [-0.4, -0.2) is 23.9 Å². The normalized spacial score (nSPS) is 15.2. The molecule has 0 bridgehead atoms. The Morgan fingerprint density at radius 1 is 1.11 bits per heavy atom. The lowest BCUT2D eigenvalue weighted by atomic mass is 9.99. The molecule has 1 aromatic carbocycles. The summed E-state index contributed by atoms with van der Waals surface area (Å²) in [5.41, 5.74) is 8.12. The van der Waals surface area contributed by atoms with Crippen LogP contribution < -0.4 is 5.73 Å². The molecule has 2 N–H and O–H groups in total. The molecule has 0 spiro atoms.